The predicted molar refractivity (Wildman–Crippen MR) is 111 cm³/mol. The van der Waals surface area contributed by atoms with Crippen LogP contribution in [-0.4, -0.2) is 45.4 Å². The van der Waals surface area contributed by atoms with Gasteiger partial charge in [-0.2, -0.15) is 9.97 Å². The molecule has 8 heteroatoms. The van der Waals surface area contributed by atoms with Crippen LogP contribution in [0.3, 0.4) is 0 Å². The number of fused-ring (bicyclic) bond motifs is 1. The Bertz CT molecular complexity index is 1050. The number of hydrogen-bond acceptors (Lipinski definition) is 8. The van der Waals surface area contributed by atoms with E-state index < -0.39 is 0 Å². The van der Waals surface area contributed by atoms with E-state index in [1.54, 1.807) is 18.5 Å². The van der Waals surface area contributed by atoms with E-state index in [0.29, 0.717) is 10.9 Å². The second kappa shape index (κ2) is 8.14. The van der Waals surface area contributed by atoms with Crippen LogP contribution >= 0.6 is 0 Å². The van der Waals surface area contributed by atoms with Crippen molar-refractivity contribution >= 4 is 22.8 Å². The van der Waals surface area contributed by atoms with Crippen molar-refractivity contribution in [2.75, 3.05) is 18.0 Å². The van der Waals surface area contributed by atoms with E-state index in [0.717, 1.165) is 25.7 Å². The van der Waals surface area contributed by atoms with E-state index in [4.69, 9.17) is 10.1 Å². The zero-order chi connectivity index (χ0) is 20.2. The van der Waals surface area contributed by atoms with Gasteiger partial charge in [0.2, 0.25) is 5.88 Å². The first-order chi connectivity index (χ1) is 14.1. The minimum absolute atomic E-state index is 0.0350. The number of rotatable bonds is 6. The van der Waals surface area contributed by atoms with Crippen LogP contribution in [0, 0.1) is 12.3 Å². The van der Waals surface area contributed by atoms with Gasteiger partial charge in [0.1, 0.15) is 0 Å². The highest BCUT2D eigenvalue weighted by Gasteiger charge is 2.21. The number of benzene rings is 1. The first kappa shape index (κ1) is 18.7. The topological polar surface area (TPSA) is 107 Å². The van der Waals surface area contributed by atoms with Gasteiger partial charge in [-0.3, -0.25) is 4.98 Å². The number of pyridine rings is 1. The summed E-state index contributed by atoms with van der Waals surface area (Å²) in [5.74, 6) is 0.0654. The summed E-state index contributed by atoms with van der Waals surface area (Å²) in [7, 11) is 0. The molecule has 8 nitrogen and oxygen atoms in total. The molecule has 148 valence electrons. The van der Waals surface area contributed by atoms with Crippen molar-refractivity contribution in [3.8, 4) is 11.9 Å². The first-order valence-corrected chi connectivity index (χ1v) is 9.39. The standard InChI is InChI=1S/C21H22N6O2/c1-14-2-4-16(5-3-14)27-9-7-15(13-27)24-11-17(10-22)29-21-25-19-12-23-8-6-18(19)20(28)26-21/h2-6,8,10-12,15,22,24H,7,9,13H2,1H3,(H,25,26,28)/b17-11+,22-10?. The third kappa shape index (κ3) is 4.26. The van der Waals surface area contributed by atoms with E-state index in [2.05, 4.69) is 56.4 Å². The molecule has 0 aliphatic carbocycles. The van der Waals surface area contributed by atoms with Crippen LogP contribution in [0.25, 0.3) is 10.9 Å². The predicted octanol–water partition coefficient (Wildman–Crippen LogP) is 2.78. The number of aromatic nitrogens is 3. The van der Waals surface area contributed by atoms with Crippen LogP contribution in [0.15, 0.2) is 54.7 Å². The summed E-state index contributed by atoms with van der Waals surface area (Å²) in [6.07, 6.45) is 6.78. The van der Waals surface area contributed by atoms with E-state index >= 15 is 0 Å². The van der Waals surface area contributed by atoms with E-state index in [-0.39, 0.29) is 23.7 Å². The van der Waals surface area contributed by atoms with Crippen molar-refractivity contribution in [1.82, 2.24) is 20.3 Å². The van der Waals surface area contributed by atoms with Crippen LogP contribution in [0.4, 0.5) is 5.69 Å². The fourth-order valence-electron chi connectivity index (χ4n) is 3.28. The van der Waals surface area contributed by atoms with Gasteiger partial charge < -0.3 is 25.5 Å². The van der Waals surface area contributed by atoms with Gasteiger partial charge in [-0.15, -0.1) is 0 Å². The quantitative estimate of drug-likeness (QED) is 0.439. The van der Waals surface area contributed by atoms with Crippen molar-refractivity contribution in [3.63, 3.8) is 0 Å². The third-order valence-corrected chi connectivity index (χ3v) is 4.86. The minimum atomic E-state index is -0.186. The fourth-order valence-corrected chi connectivity index (χ4v) is 3.28. The first-order valence-electron chi connectivity index (χ1n) is 9.39. The van der Waals surface area contributed by atoms with Gasteiger partial charge in [-0.05, 0) is 31.5 Å². The van der Waals surface area contributed by atoms with Crippen LogP contribution in [0.2, 0.25) is 0 Å². The average molecular weight is 390 g/mol. The second-order valence-corrected chi connectivity index (χ2v) is 6.95. The number of ether oxygens (including phenoxy) is 1. The summed E-state index contributed by atoms with van der Waals surface area (Å²) in [5, 5.41) is 21.4. The molecule has 1 aromatic carbocycles. The molecule has 0 bridgehead atoms. The maximum atomic E-state index is 10.0. The molecule has 1 atom stereocenters. The van der Waals surface area contributed by atoms with Crippen LogP contribution in [0.5, 0.6) is 11.9 Å². The van der Waals surface area contributed by atoms with Gasteiger partial charge in [-0.25, -0.2) is 0 Å². The van der Waals surface area contributed by atoms with Crippen LogP contribution in [-0.2, 0) is 0 Å². The lowest BCUT2D eigenvalue weighted by atomic mass is 10.2. The SMILES string of the molecule is Cc1ccc(N2CCC(N/C=C(\C=N)Oc3nc(O)c4ccncc4n3)C2)cc1. The zero-order valence-corrected chi connectivity index (χ0v) is 16.0. The summed E-state index contributed by atoms with van der Waals surface area (Å²) >= 11 is 0. The molecule has 3 heterocycles. The van der Waals surface area contributed by atoms with Gasteiger partial charge in [0.05, 0.1) is 23.3 Å². The summed E-state index contributed by atoms with van der Waals surface area (Å²) < 4.78 is 5.57. The van der Waals surface area contributed by atoms with Crippen molar-refractivity contribution in [2.24, 2.45) is 0 Å². The van der Waals surface area contributed by atoms with Crippen LogP contribution in [0.1, 0.15) is 12.0 Å². The largest absolute Gasteiger partial charge is 0.493 e. The number of nitrogens with zero attached hydrogens (tertiary/aromatic N) is 4. The lowest BCUT2D eigenvalue weighted by Gasteiger charge is -2.19. The highest BCUT2D eigenvalue weighted by Crippen LogP contribution is 2.23. The number of hydrogen-bond donors (Lipinski definition) is 3. The van der Waals surface area contributed by atoms with Gasteiger partial charge in [0, 0.05) is 37.2 Å². The van der Waals surface area contributed by atoms with Gasteiger partial charge >= 0.3 is 6.01 Å². The molecule has 1 aliphatic heterocycles. The smallest absolute Gasteiger partial charge is 0.326 e. The monoisotopic (exact) mass is 390 g/mol. The second-order valence-electron chi connectivity index (χ2n) is 6.95. The molecule has 29 heavy (non-hydrogen) atoms. The molecule has 3 N–H and O–H groups in total. The average Bonchev–Trinajstić information content (AvgIpc) is 3.21. The molecular weight excluding hydrogens is 368 g/mol. The molecule has 0 spiro atoms. The van der Waals surface area contributed by atoms with Gasteiger partial charge in [0.25, 0.3) is 0 Å². The van der Waals surface area contributed by atoms with Gasteiger partial charge in [-0.1, -0.05) is 17.7 Å². The molecule has 2 aromatic heterocycles. The highest BCUT2D eigenvalue weighted by molar-refractivity contribution is 5.82. The Balaban J connectivity index is 1.41. The molecule has 0 amide bonds. The summed E-state index contributed by atoms with van der Waals surface area (Å²) in [5.41, 5.74) is 2.92. The van der Waals surface area contributed by atoms with Crippen molar-refractivity contribution in [3.05, 3.63) is 60.2 Å². The number of allylic oxidation sites excluding steroid dienone is 1. The van der Waals surface area contributed by atoms with Gasteiger partial charge in [0.15, 0.2) is 5.76 Å². The lowest BCUT2D eigenvalue weighted by molar-refractivity contribution is 0.393. The van der Waals surface area contributed by atoms with E-state index in [1.165, 1.54) is 17.4 Å². The molecule has 0 saturated carbocycles. The Morgan fingerprint density at radius 2 is 2.10 bits per heavy atom. The molecular formula is C21H22N6O2. The Labute approximate surface area is 168 Å². The third-order valence-electron chi connectivity index (χ3n) is 4.86. The van der Waals surface area contributed by atoms with Crippen LogP contribution < -0.4 is 15.0 Å². The molecule has 0 radical (unpaired) electrons. The zero-order valence-electron chi connectivity index (χ0n) is 16.0. The van der Waals surface area contributed by atoms with Crippen molar-refractivity contribution in [2.45, 2.75) is 19.4 Å². The Morgan fingerprint density at radius 1 is 1.28 bits per heavy atom. The maximum absolute atomic E-state index is 10.0. The lowest BCUT2D eigenvalue weighted by Crippen LogP contribution is -2.29. The van der Waals surface area contributed by atoms with Crippen molar-refractivity contribution in [1.29, 1.82) is 5.41 Å². The molecule has 3 aromatic rings. The van der Waals surface area contributed by atoms with E-state index in [1.807, 2.05) is 0 Å². The number of aryl methyl sites for hydroxylation is 1. The molecule has 1 saturated heterocycles. The summed E-state index contributed by atoms with van der Waals surface area (Å²) in [6, 6.07) is 10.3. The minimum Gasteiger partial charge on any atom is -0.493 e. The van der Waals surface area contributed by atoms with Crippen molar-refractivity contribution < 1.29 is 9.84 Å². The number of aromatic hydroxyl groups is 1. The fraction of sp³-hybridized carbons (Fsp3) is 0.238. The summed E-state index contributed by atoms with van der Waals surface area (Å²) in [4.78, 5) is 14.5. The Morgan fingerprint density at radius 3 is 2.90 bits per heavy atom. The van der Waals surface area contributed by atoms with E-state index in [9.17, 15) is 5.11 Å². The molecule has 1 fully saturated rings. The normalized spacial score (nSPS) is 16.8. The number of nitrogens with one attached hydrogen (secondary N) is 2. The molecule has 1 unspecified atom stereocenters. The molecule has 4 rings (SSSR count). The Kier molecular flexibility index (Phi) is 5.24. The maximum Gasteiger partial charge on any atom is 0.326 e. The number of anilines is 1. The Hall–Kier alpha value is -3.68. The summed E-state index contributed by atoms with van der Waals surface area (Å²) in [6.45, 7) is 3.91. The highest BCUT2D eigenvalue weighted by atomic mass is 16.5. The molecule has 1 aliphatic rings.